The number of rotatable bonds is 6. The van der Waals surface area contributed by atoms with Crippen molar-refractivity contribution in [3.63, 3.8) is 0 Å². The zero-order valence-corrected chi connectivity index (χ0v) is 13.6. The molecule has 0 unspecified atom stereocenters. The minimum absolute atomic E-state index is 0.402. The van der Waals surface area contributed by atoms with Crippen LogP contribution in [-0.4, -0.2) is 18.2 Å². The molecule has 2 aromatic carbocycles. The van der Waals surface area contributed by atoms with Crippen LogP contribution in [-0.2, 0) is 11.4 Å². The molecular weight excluding hydrogens is 282 g/mol. The van der Waals surface area contributed by atoms with Gasteiger partial charge in [0.1, 0.15) is 0 Å². The lowest BCUT2D eigenvalue weighted by molar-refractivity contribution is -0.188. The summed E-state index contributed by atoms with van der Waals surface area (Å²) in [6.45, 7) is 6.71. The second-order valence-electron chi connectivity index (χ2n) is 6.22. The van der Waals surface area contributed by atoms with Gasteiger partial charge in [-0.2, -0.15) is 5.06 Å². The SMILES string of the molecule is C=C[C@H](c1ccccc1)[C@H]1CCCN(OCc2ccccc2)C1. The van der Waals surface area contributed by atoms with Crippen LogP contribution in [0.1, 0.15) is 29.9 Å². The molecule has 0 radical (unpaired) electrons. The van der Waals surface area contributed by atoms with Crippen LogP contribution >= 0.6 is 0 Å². The molecule has 3 rings (SSSR count). The quantitative estimate of drug-likeness (QED) is 0.711. The molecule has 23 heavy (non-hydrogen) atoms. The Morgan fingerprint density at radius 3 is 2.48 bits per heavy atom. The number of benzene rings is 2. The van der Waals surface area contributed by atoms with Crippen molar-refractivity contribution in [1.82, 2.24) is 5.06 Å². The largest absolute Gasteiger partial charge is 0.294 e. The zero-order valence-electron chi connectivity index (χ0n) is 13.6. The maximum absolute atomic E-state index is 6.03. The lowest BCUT2D eigenvalue weighted by atomic mass is 9.81. The molecule has 0 bridgehead atoms. The maximum atomic E-state index is 6.03. The second-order valence-corrected chi connectivity index (χ2v) is 6.22. The van der Waals surface area contributed by atoms with E-state index in [1.165, 1.54) is 24.0 Å². The van der Waals surface area contributed by atoms with E-state index in [-0.39, 0.29) is 0 Å². The molecule has 2 nitrogen and oxygen atoms in total. The van der Waals surface area contributed by atoms with Crippen LogP contribution in [0.15, 0.2) is 73.3 Å². The standard InChI is InChI=1S/C21H25NO/c1-2-21(19-12-7-4-8-13-19)20-14-9-15-22(16-20)23-17-18-10-5-3-6-11-18/h2-8,10-13,20-21H,1,9,14-17H2/t20-,21+/m0/s1. The normalized spacial score (nSPS) is 20.1. The summed E-state index contributed by atoms with van der Waals surface area (Å²) in [5, 5.41) is 2.14. The molecule has 0 saturated carbocycles. The number of allylic oxidation sites excluding steroid dienone is 1. The van der Waals surface area contributed by atoms with Crippen LogP contribution < -0.4 is 0 Å². The topological polar surface area (TPSA) is 12.5 Å². The lowest BCUT2D eigenvalue weighted by Crippen LogP contribution is -2.37. The number of piperidine rings is 1. The van der Waals surface area contributed by atoms with Crippen molar-refractivity contribution in [2.45, 2.75) is 25.4 Å². The Morgan fingerprint density at radius 2 is 1.78 bits per heavy atom. The van der Waals surface area contributed by atoms with E-state index in [2.05, 4.69) is 72.3 Å². The Hall–Kier alpha value is -1.90. The molecule has 0 N–H and O–H groups in total. The molecule has 0 amide bonds. The van der Waals surface area contributed by atoms with Crippen molar-refractivity contribution >= 4 is 0 Å². The van der Waals surface area contributed by atoms with E-state index in [0.717, 1.165) is 13.1 Å². The molecule has 0 aromatic heterocycles. The average molecular weight is 307 g/mol. The summed E-state index contributed by atoms with van der Waals surface area (Å²) in [7, 11) is 0. The molecular formula is C21H25NO. The van der Waals surface area contributed by atoms with Crippen LogP contribution in [0.25, 0.3) is 0 Å². The summed E-state index contributed by atoms with van der Waals surface area (Å²) in [4.78, 5) is 6.03. The van der Waals surface area contributed by atoms with Crippen molar-refractivity contribution in [1.29, 1.82) is 0 Å². The third kappa shape index (κ3) is 4.31. The highest BCUT2D eigenvalue weighted by Gasteiger charge is 2.27. The Labute approximate surface area is 139 Å². The number of hydroxylamine groups is 2. The summed E-state index contributed by atoms with van der Waals surface area (Å²) in [6, 6.07) is 21.1. The molecule has 1 saturated heterocycles. The van der Waals surface area contributed by atoms with E-state index in [1.807, 2.05) is 6.07 Å². The molecule has 2 aromatic rings. The minimum atomic E-state index is 0.402. The third-order valence-corrected chi connectivity index (χ3v) is 4.62. The Balaban J connectivity index is 1.60. The van der Waals surface area contributed by atoms with Gasteiger partial charge in [0.2, 0.25) is 0 Å². The molecule has 1 heterocycles. The van der Waals surface area contributed by atoms with Gasteiger partial charge >= 0.3 is 0 Å². The van der Waals surface area contributed by atoms with Crippen molar-refractivity contribution in [3.8, 4) is 0 Å². The van der Waals surface area contributed by atoms with Gasteiger partial charge in [0, 0.05) is 19.0 Å². The van der Waals surface area contributed by atoms with Gasteiger partial charge in [0.15, 0.2) is 0 Å². The fourth-order valence-corrected chi connectivity index (χ4v) is 3.40. The summed E-state index contributed by atoms with van der Waals surface area (Å²) in [6.07, 6.45) is 4.51. The fraction of sp³-hybridized carbons (Fsp3) is 0.333. The average Bonchev–Trinajstić information content (AvgIpc) is 2.63. The van der Waals surface area contributed by atoms with E-state index in [9.17, 15) is 0 Å². The first-order chi connectivity index (χ1) is 11.4. The monoisotopic (exact) mass is 307 g/mol. The van der Waals surface area contributed by atoms with Crippen LogP contribution in [0.3, 0.4) is 0 Å². The predicted octanol–water partition coefficient (Wildman–Crippen LogP) is 4.80. The van der Waals surface area contributed by atoms with Gasteiger partial charge in [-0.25, -0.2) is 0 Å². The first-order valence-corrected chi connectivity index (χ1v) is 8.46. The molecule has 0 aliphatic carbocycles. The highest BCUT2D eigenvalue weighted by molar-refractivity contribution is 5.24. The van der Waals surface area contributed by atoms with Crippen LogP contribution in [0, 0.1) is 5.92 Å². The summed E-state index contributed by atoms with van der Waals surface area (Å²) in [5.74, 6) is 0.971. The molecule has 120 valence electrons. The Kier molecular flexibility index (Phi) is 5.62. The highest BCUT2D eigenvalue weighted by Crippen LogP contribution is 2.32. The molecule has 1 aliphatic heterocycles. The zero-order chi connectivity index (χ0) is 15.9. The summed E-state index contributed by atoms with van der Waals surface area (Å²) >= 11 is 0. The third-order valence-electron chi connectivity index (χ3n) is 4.62. The van der Waals surface area contributed by atoms with Crippen molar-refractivity contribution < 1.29 is 4.84 Å². The number of hydrogen-bond acceptors (Lipinski definition) is 2. The van der Waals surface area contributed by atoms with Gasteiger partial charge in [0.05, 0.1) is 6.61 Å². The van der Waals surface area contributed by atoms with E-state index in [4.69, 9.17) is 4.84 Å². The molecule has 1 aliphatic rings. The first kappa shape index (κ1) is 16.0. The summed E-state index contributed by atoms with van der Waals surface area (Å²) in [5.41, 5.74) is 2.58. The van der Waals surface area contributed by atoms with Crippen LogP contribution in [0.4, 0.5) is 0 Å². The minimum Gasteiger partial charge on any atom is -0.294 e. The van der Waals surface area contributed by atoms with Gasteiger partial charge in [-0.15, -0.1) is 6.58 Å². The molecule has 1 fully saturated rings. The number of hydrogen-bond donors (Lipinski definition) is 0. The maximum Gasteiger partial charge on any atom is 0.0935 e. The van der Waals surface area contributed by atoms with Crippen LogP contribution in [0.5, 0.6) is 0 Å². The molecule has 0 spiro atoms. The van der Waals surface area contributed by atoms with E-state index in [0.29, 0.717) is 18.4 Å². The Bertz CT molecular complexity index is 596. The molecule has 2 heteroatoms. The Morgan fingerprint density at radius 1 is 1.09 bits per heavy atom. The first-order valence-electron chi connectivity index (χ1n) is 8.46. The number of nitrogens with zero attached hydrogens (tertiary/aromatic N) is 1. The van der Waals surface area contributed by atoms with E-state index < -0.39 is 0 Å². The van der Waals surface area contributed by atoms with Crippen molar-refractivity contribution in [2.24, 2.45) is 5.92 Å². The van der Waals surface area contributed by atoms with E-state index >= 15 is 0 Å². The van der Waals surface area contributed by atoms with Crippen molar-refractivity contribution in [3.05, 3.63) is 84.4 Å². The van der Waals surface area contributed by atoms with E-state index in [1.54, 1.807) is 0 Å². The van der Waals surface area contributed by atoms with Gasteiger partial charge in [0.25, 0.3) is 0 Å². The smallest absolute Gasteiger partial charge is 0.0935 e. The van der Waals surface area contributed by atoms with Gasteiger partial charge in [-0.3, -0.25) is 4.84 Å². The van der Waals surface area contributed by atoms with Crippen molar-refractivity contribution in [2.75, 3.05) is 13.1 Å². The van der Waals surface area contributed by atoms with Gasteiger partial charge in [-0.05, 0) is 29.9 Å². The summed E-state index contributed by atoms with van der Waals surface area (Å²) < 4.78 is 0. The van der Waals surface area contributed by atoms with Gasteiger partial charge < -0.3 is 0 Å². The van der Waals surface area contributed by atoms with Crippen LogP contribution in [0.2, 0.25) is 0 Å². The second kappa shape index (κ2) is 8.09. The lowest BCUT2D eigenvalue weighted by Gasteiger charge is -2.35. The predicted molar refractivity (Wildman–Crippen MR) is 94.9 cm³/mol. The fourth-order valence-electron chi connectivity index (χ4n) is 3.40. The van der Waals surface area contributed by atoms with Gasteiger partial charge in [-0.1, -0.05) is 66.7 Å². The molecule has 2 atom stereocenters. The highest BCUT2D eigenvalue weighted by atomic mass is 16.7.